The van der Waals surface area contributed by atoms with Gasteiger partial charge in [-0.1, -0.05) is 66.7 Å². The summed E-state index contributed by atoms with van der Waals surface area (Å²) in [5.41, 5.74) is 1.40. The van der Waals surface area contributed by atoms with Crippen LogP contribution in [0.15, 0.2) is 28.7 Å². The molecule has 96 valence electrons. The van der Waals surface area contributed by atoms with Crippen LogP contribution in [-0.2, 0) is 6.42 Å². The van der Waals surface area contributed by atoms with E-state index in [4.69, 9.17) is 0 Å². The maximum Gasteiger partial charge on any atom is 0.0207 e. The Morgan fingerprint density at radius 2 is 1.94 bits per heavy atom. The van der Waals surface area contributed by atoms with Gasteiger partial charge in [0, 0.05) is 10.5 Å². The summed E-state index contributed by atoms with van der Waals surface area (Å²) >= 11 is 3.62. The molecule has 0 amide bonds. The Bertz CT molecular complexity index is 312. The van der Waals surface area contributed by atoms with E-state index in [0.29, 0.717) is 6.04 Å². The fourth-order valence-corrected chi connectivity index (χ4v) is 2.54. The Morgan fingerprint density at radius 1 is 1.18 bits per heavy atom. The van der Waals surface area contributed by atoms with Gasteiger partial charge in [0.1, 0.15) is 0 Å². The van der Waals surface area contributed by atoms with Crippen molar-refractivity contribution in [1.82, 2.24) is 5.32 Å². The molecule has 0 aliphatic rings. The van der Waals surface area contributed by atoms with Crippen molar-refractivity contribution in [2.45, 2.75) is 51.5 Å². The lowest BCUT2D eigenvalue weighted by Gasteiger charge is -2.17. The Balaban J connectivity index is 2.38. The molecule has 0 aliphatic carbocycles. The normalized spacial score (nSPS) is 12.6. The first kappa shape index (κ1) is 14.7. The lowest BCUT2D eigenvalue weighted by atomic mass is 10.0. The quantitative estimate of drug-likeness (QED) is 0.694. The monoisotopic (exact) mass is 297 g/mol. The summed E-state index contributed by atoms with van der Waals surface area (Å²) in [5.74, 6) is 0. The average molecular weight is 298 g/mol. The van der Waals surface area contributed by atoms with Crippen LogP contribution in [-0.4, -0.2) is 13.1 Å². The van der Waals surface area contributed by atoms with Crippen molar-refractivity contribution in [3.63, 3.8) is 0 Å². The molecule has 0 aromatic heterocycles. The van der Waals surface area contributed by atoms with Gasteiger partial charge >= 0.3 is 0 Å². The minimum absolute atomic E-state index is 0.602. The standard InChI is InChI=1S/C15H24BrN/c1-3-4-5-6-10-14(17-2)12-13-9-7-8-11-15(13)16/h7-9,11,14,17H,3-6,10,12H2,1-2H3. The van der Waals surface area contributed by atoms with E-state index in [1.54, 1.807) is 0 Å². The summed E-state index contributed by atoms with van der Waals surface area (Å²) in [7, 11) is 2.07. The van der Waals surface area contributed by atoms with Crippen LogP contribution < -0.4 is 5.32 Å². The van der Waals surface area contributed by atoms with E-state index in [1.807, 2.05) is 0 Å². The van der Waals surface area contributed by atoms with Crippen molar-refractivity contribution < 1.29 is 0 Å². The predicted octanol–water partition coefficient (Wildman–Crippen LogP) is 4.55. The van der Waals surface area contributed by atoms with Crippen LogP contribution in [0.1, 0.15) is 44.6 Å². The van der Waals surface area contributed by atoms with Gasteiger partial charge in [-0.25, -0.2) is 0 Å². The highest BCUT2D eigenvalue weighted by Crippen LogP contribution is 2.19. The summed E-state index contributed by atoms with van der Waals surface area (Å²) in [5, 5.41) is 3.43. The van der Waals surface area contributed by atoms with Crippen LogP contribution in [0.3, 0.4) is 0 Å². The minimum Gasteiger partial charge on any atom is -0.317 e. The van der Waals surface area contributed by atoms with Gasteiger partial charge < -0.3 is 5.32 Å². The van der Waals surface area contributed by atoms with Gasteiger partial charge in [0.25, 0.3) is 0 Å². The molecule has 1 aromatic carbocycles. The molecule has 1 N–H and O–H groups in total. The van der Waals surface area contributed by atoms with Crippen molar-refractivity contribution in [2.75, 3.05) is 7.05 Å². The van der Waals surface area contributed by atoms with Gasteiger partial charge in [-0.2, -0.15) is 0 Å². The molecule has 0 saturated heterocycles. The van der Waals surface area contributed by atoms with Crippen LogP contribution in [0.4, 0.5) is 0 Å². The number of hydrogen-bond acceptors (Lipinski definition) is 1. The van der Waals surface area contributed by atoms with Crippen LogP contribution in [0, 0.1) is 0 Å². The van der Waals surface area contributed by atoms with Crippen molar-refractivity contribution in [1.29, 1.82) is 0 Å². The summed E-state index contributed by atoms with van der Waals surface area (Å²) in [6, 6.07) is 9.12. The summed E-state index contributed by atoms with van der Waals surface area (Å²) < 4.78 is 1.23. The van der Waals surface area contributed by atoms with Gasteiger partial charge in [0.05, 0.1) is 0 Å². The summed E-state index contributed by atoms with van der Waals surface area (Å²) in [4.78, 5) is 0. The third kappa shape index (κ3) is 5.69. The summed E-state index contributed by atoms with van der Waals surface area (Å²) in [6.45, 7) is 2.26. The molecule has 2 heteroatoms. The lowest BCUT2D eigenvalue weighted by Crippen LogP contribution is -2.27. The SMILES string of the molecule is CCCCCCC(Cc1ccccc1Br)NC. The second kappa shape index (κ2) is 8.71. The first-order valence-electron chi connectivity index (χ1n) is 6.68. The lowest BCUT2D eigenvalue weighted by molar-refractivity contribution is 0.484. The zero-order valence-electron chi connectivity index (χ0n) is 11.0. The Morgan fingerprint density at radius 3 is 2.59 bits per heavy atom. The first-order chi connectivity index (χ1) is 8.27. The molecule has 0 aliphatic heterocycles. The number of likely N-dealkylation sites (N-methyl/N-ethyl adjacent to an activating group) is 1. The fraction of sp³-hybridized carbons (Fsp3) is 0.600. The number of halogens is 1. The van der Waals surface area contributed by atoms with E-state index in [9.17, 15) is 0 Å². The molecule has 0 saturated carbocycles. The molecule has 17 heavy (non-hydrogen) atoms. The maximum absolute atomic E-state index is 3.62. The zero-order chi connectivity index (χ0) is 12.5. The predicted molar refractivity (Wildman–Crippen MR) is 79.5 cm³/mol. The molecular formula is C15H24BrN. The van der Waals surface area contributed by atoms with Crippen LogP contribution >= 0.6 is 15.9 Å². The van der Waals surface area contributed by atoms with Crippen molar-refractivity contribution >= 4 is 15.9 Å². The second-order valence-corrected chi connectivity index (χ2v) is 5.48. The molecule has 1 rings (SSSR count). The van der Waals surface area contributed by atoms with Crippen molar-refractivity contribution in [3.8, 4) is 0 Å². The largest absolute Gasteiger partial charge is 0.317 e. The van der Waals surface area contributed by atoms with Crippen LogP contribution in [0.25, 0.3) is 0 Å². The highest BCUT2D eigenvalue weighted by atomic mass is 79.9. The van der Waals surface area contributed by atoms with Gasteiger partial charge in [0.15, 0.2) is 0 Å². The van der Waals surface area contributed by atoms with E-state index >= 15 is 0 Å². The molecule has 1 atom stereocenters. The first-order valence-corrected chi connectivity index (χ1v) is 7.48. The van der Waals surface area contributed by atoms with Crippen LogP contribution in [0.5, 0.6) is 0 Å². The van der Waals surface area contributed by atoms with Gasteiger partial charge in [-0.15, -0.1) is 0 Å². The molecule has 0 heterocycles. The van der Waals surface area contributed by atoms with E-state index in [0.717, 1.165) is 6.42 Å². The average Bonchev–Trinajstić information content (AvgIpc) is 2.35. The van der Waals surface area contributed by atoms with E-state index < -0.39 is 0 Å². The van der Waals surface area contributed by atoms with E-state index in [-0.39, 0.29) is 0 Å². The molecule has 0 spiro atoms. The molecule has 0 fully saturated rings. The minimum atomic E-state index is 0.602. The van der Waals surface area contributed by atoms with Crippen LogP contribution in [0.2, 0.25) is 0 Å². The smallest absolute Gasteiger partial charge is 0.0207 e. The Kier molecular flexibility index (Phi) is 7.54. The third-order valence-corrected chi connectivity index (χ3v) is 4.01. The highest BCUT2D eigenvalue weighted by molar-refractivity contribution is 9.10. The van der Waals surface area contributed by atoms with Gasteiger partial charge in [0.2, 0.25) is 0 Å². The zero-order valence-corrected chi connectivity index (χ0v) is 12.6. The maximum atomic E-state index is 3.62. The highest BCUT2D eigenvalue weighted by Gasteiger charge is 2.08. The third-order valence-electron chi connectivity index (χ3n) is 3.24. The molecule has 1 unspecified atom stereocenters. The molecule has 0 radical (unpaired) electrons. The van der Waals surface area contributed by atoms with Crippen molar-refractivity contribution in [3.05, 3.63) is 34.3 Å². The fourth-order valence-electron chi connectivity index (χ4n) is 2.10. The van der Waals surface area contributed by atoms with Gasteiger partial charge in [-0.05, 0) is 31.5 Å². The van der Waals surface area contributed by atoms with Crippen molar-refractivity contribution in [2.24, 2.45) is 0 Å². The molecule has 1 nitrogen and oxygen atoms in total. The number of nitrogens with one attached hydrogen (secondary N) is 1. The Hall–Kier alpha value is -0.340. The van der Waals surface area contributed by atoms with E-state index in [2.05, 4.69) is 59.5 Å². The second-order valence-electron chi connectivity index (χ2n) is 4.63. The number of unbranched alkanes of at least 4 members (excludes halogenated alkanes) is 3. The Labute approximate surface area is 114 Å². The van der Waals surface area contributed by atoms with Gasteiger partial charge in [-0.3, -0.25) is 0 Å². The molecule has 0 bridgehead atoms. The number of rotatable bonds is 8. The number of hydrogen-bond donors (Lipinski definition) is 1. The summed E-state index contributed by atoms with van der Waals surface area (Å²) in [6.07, 6.45) is 7.77. The number of benzene rings is 1. The topological polar surface area (TPSA) is 12.0 Å². The van der Waals surface area contributed by atoms with E-state index in [1.165, 1.54) is 42.1 Å². The molecule has 1 aromatic rings. The molecular weight excluding hydrogens is 274 g/mol.